The monoisotopic (exact) mass is 288 g/mol. The Morgan fingerprint density at radius 2 is 2.16 bits per heavy atom. The summed E-state index contributed by atoms with van der Waals surface area (Å²) < 4.78 is 4.18. The third-order valence-corrected chi connectivity index (χ3v) is 3.78. The molecule has 0 aromatic carbocycles. The second-order valence-electron chi connectivity index (χ2n) is 3.57. The summed E-state index contributed by atoms with van der Waals surface area (Å²) in [5, 5.41) is 5.05. The molecule has 0 aliphatic carbocycles. The molecule has 3 aromatic rings. The van der Waals surface area contributed by atoms with Crippen LogP contribution in [0, 0.1) is 0 Å². The fourth-order valence-corrected chi connectivity index (χ4v) is 2.63. The number of thiophene rings is 1. The highest BCUT2D eigenvalue weighted by Gasteiger charge is 2.11. The van der Waals surface area contributed by atoms with Gasteiger partial charge < -0.3 is 0 Å². The third kappa shape index (κ3) is 2.67. The zero-order valence-corrected chi connectivity index (χ0v) is 11.2. The van der Waals surface area contributed by atoms with Gasteiger partial charge in [0.1, 0.15) is 5.69 Å². The van der Waals surface area contributed by atoms with Gasteiger partial charge in [0.2, 0.25) is 5.13 Å². The van der Waals surface area contributed by atoms with E-state index in [1.54, 1.807) is 12.3 Å². The minimum Gasteiger partial charge on any atom is -0.296 e. The normalized spacial score (nSPS) is 10.3. The second kappa shape index (κ2) is 5.25. The second-order valence-corrected chi connectivity index (χ2v) is 5.27. The summed E-state index contributed by atoms with van der Waals surface area (Å²) in [6, 6.07) is 9.12. The van der Waals surface area contributed by atoms with Gasteiger partial charge in [-0.3, -0.25) is 15.1 Å². The summed E-state index contributed by atoms with van der Waals surface area (Å²) in [4.78, 5) is 20.9. The Morgan fingerprint density at radius 1 is 1.21 bits per heavy atom. The molecule has 0 saturated carbocycles. The van der Waals surface area contributed by atoms with Crippen molar-refractivity contribution in [3.8, 4) is 11.5 Å². The van der Waals surface area contributed by atoms with Crippen molar-refractivity contribution in [2.45, 2.75) is 0 Å². The maximum absolute atomic E-state index is 11.8. The molecule has 0 aliphatic heterocycles. The number of anilines is 1. The Hall–Kier alpha value is -2.12. The van der Waals surface area contributed by atoms with E-state index in [0.717, 1.165) is 11.5 Å². The molecule has 3 aromatic heterocycles. The summed E-state index contributed by atoms with van der Waals surface area (Å²) in [6.45, 7) is 0. The van der Waals surface area contributed by atoms with Crippen LogP contribution in [0.3, 0.4) is 0 Å². The van der Waals surface area contributed by atoms with Crippen molar-refractivity contribution in [1.82, 2.24) is 14.3 Å². The molecule has 0 unspecified atom stereocenters. The van der Waals surface area contributed by atoms with Crippen LogP contribution < -0.4 is 5.32 Å². The van der Waals surface area contributed by atoms with Crippen molar-refractivity contribution >= 4 is 33.9 Å². The van der Waals surface area contributed by atoms with Gasteiger partial charge in [-0.1, -0.05) is 12.1 Å². The molecule has 3 heterocycles. The quantitative estimate of drug-likeness (QED) is 0.804. The first-order valence-electron chi connectivity index (χ1n) is 5.43. The lowest BCUT2D eigenvalue weighted by atomic mass is 10.3. The van der Waals surface area contributed by atoms with Crippen LogP contribution in [0.4, 0.5) is 5.13 Å². The highest BCUT2D eigenvalue weighted by molar-refractivity contribution is 7.12. The van der Waals surface area contributed by atoms with Gasteiger partial charge in [0.25, 0.3) is 5.91 Å². The van der Waals surface area contributed by atoms with Crippen LogP contribution in [-0.2, 0) is 0 Å². The highest BCUT2D eigenvalue weighted by atomic mass is 32.1. The van der Waals surface area contributed by atoms with Crippen LogP contribution in [0.5, 0.6) is 0 Å². The van der Waals surface area contributed by atoms with Crippen LogP contribution in [0.1, 0.15) is 9.67 Å². The Morgan fingerprint density at radius 3 is 2.89 bits per heavy atom. The van der Waals surface area contributed by atoms with Gasteiger partial charge in [-0.25, -0.2) is 0 Å². The van der Waals surface area contributed by atoms with E-state index >= 15 is 0 Å². The van der Waals surface area contributed by atoms with E-state index in [4.69, 9.17) is 0 Å². The minimum absolute atomic E-state index is 0.168. The van der Waals surface area contributed by atoms with E-state index < -0.39 is 0 Å². The molecular weight excluding hydrogens is 280 g/mol. The molecule has 1 amide bonds. The maximum atomic E-state index is 11.8. The number of carbonyl (C=O) groups is 1. The molecular formula is C12H8N4OS2. The van der Waals surface area contributed by atoms with Crippen LogP contribution in [-0.4, -0.2) is 20.2 Å². The van der Waals surface area contributed by atoms with Crippen molar-refractivity contribution in [2.75, 3.05) is 5.32 Å². The maximum Gasteiger partial charge on any atom is 0.267 e. The van der Waals surface area contributed by atoms with Gasteiger partial charge in [0.05, 0.1) is 4.88 Å². The fraction of sp³-hybridized carbons (Fsp3) is 0. The molecule has 0 saturated heterocycles. The first-order valence-corrected chi connectivity index (χ1v) is 7.08. The summed E-state index contributed by atoms with van der Waals surface area (Å²) in [5.41, 5.74) is 0.690. The lowest BCUT2D eigenvalue weighted by Gasteiger charge is -1.96. The molecule has 94 valence electrons. The lowest BCUT2D eigenvalue weighted by Crippen LogP contribution is -2.09. The van der Waals surface area contributed by atoms with Gasteiger partial charge in [0, 0.05) is 17.7 Å². The van der Waals surface area contributed by atoms with Crippen molar-refractivity contribution < 1.29 is 4.79 Å². The van der Waals surface area contributed by atoms with E-state index in [0.29, 0.717) is 21.5 Å². The molecule has 7 heteroatoms. The van der Waals surface area contributed by atoms with E-state index in [2.05, 4.69) is 19.7 Å². The van der Waals surface area contributed by atoms with Gasteiger partial charge in [-0.05, 0) is 23.6 Å². The number of nitrogens with one attached hydrogen (secondary N) is 1. The Kier molecular flexibility index (Phi) is 3.30. The van der Waals surface area contributed by atoms with E-state index in [1.807, 2.05) is 29.6 Å². The largest absolute Gasteiger partial charge is 0.296 e. The molecule has 0 spiro atoms. The summed E-state index contributed by atoms with van der Waals surface area (Å²) >= 11 is 2.53. The first-order chi connectivity index (χ1) is 9.33. The molecule has 19 heavy (non-hydrogen) atoms. The van der Waals surface area contributed by atoms with Crippen LogP contribution in [0.2, 0.25) is 0 Å². The fourth-order valence-electron chi connectivity index (χ4n) is 1.44. The molecule has 0 atom stereocenters. The van der Waals surface area contributed by atoms with E-state index in [-0.39, 0.29) is 5.91 Å². The highest BCUT2D eigenvalue weighted by Crippen LogP contribution is 2.20. The Balaban J connectivity index is 1.77. The molecule has 0 fully saturated rings. The van der Waals surface area contributed by atoms with Crippen molar-refractivity contribution in [3.63, 3.8) is 0 Å². The first kappa shape index (κ1) is 11.9. The molecule has 0 radical (unpaired) electrons. The number of aromatic nitrogens is 3. The Labute approximate surface area is 117 Å². The predicted molar refractivity (Wildman–Crippen MR) is 75.4 cm³/mol. The number of pyridine rings is 1. The lowest BCUT2D eigenvalue weighted by molar-refractivity contribution is 0.103. The predicted octanol–water partition coefficient (Wildman–Crippen LogP) is 2.91. The minimum atomic E-state index is -0.168. The summed E-state index contributed by atoms with van der Waals surface area (Å²) in [7, 11) is 0. The zero-order valence-electron chi connectivity index (χ0n) is 9.61. The number of hydrogen-bond acceptors (Lipinski definition) is 6. The molecule has 0 aliphatic rings. The van der Waals surface area contributed by atoms with Crippen molar-refractivity contribution in [1.29, 1.82) is 0 Å². The van der Waals surface area contributed by atoms with Crippen molar-refractivity contribution in [3.05, 3.63) is 46.8 Å². The van der Waals surface area contributed by atoms with E-state index in [1.165, 1.54) is 11.3 Å². The molecule has 3 rings (SSSR count). The van der Waals surface area contributed by atoms with Crippen LogP contribution >= 0.6 is 22.9 Å². The molecule has 5 nitrogen and oxygen atoms in total. The average molecular weight is 288 g/mol. The smallest absolute Gasteiger partial charge is 0.267 e. The number of carbonyl (C=O) groups excluding carboxylic acids is 1. The van der Waals surface area contributed by atoms with Crippen LogP contribution in [0.25, 0.3) is 11.5 Å². The number of hydrogen-bond donors (Lipinski definition) is 1. The summed E-state index contributed by atoms with van der Waals surface area (Å²) in [6.07, 6.45) is 1.68. The number of nitrogens with zero attached hydrogens (tertiary/aromatic N) is 3. The average Bonchev–Trinajstić information content (AvgIpc) is 3.11. The Bertz CT molecular complexity index is 679. The third-order valence-electron chi connectivity index (χ3n) is 2.29. The van der Waals surface area contributed by atoms with Gasteiger partial charge in [0.15, 0.2) is 5.82 Å². The number of amides is 1. The topological polar surface area (TPSA) is 67.8 Å². The summed E-state index contributed by atoms with van der Waals surface area (Å²) in [5.74, 6) is 0.353. The van der Waals surface area contributed by atoms with E-state index in [9.17, 15) is 4.79 Å². The SMILES string of the molecule is O=C(Nc1nc(-c2ccccn2)ns1)c1cccs1. The van der Waals surface area contributed by atoms with Gasteiger partial charge in [-0.2, -0.15) is 9.36 Å². The van der Waals surface area contributed by atoms with Crippen LogP contribution in [0.15, 0.2) is 41.9 Å². The number of rotatable bonds is 3. The zero-order chi connectivity index (χ0) is 13.1. The van der Waals surface area contributed by atoms with Gasteiger partial charge >= 0.3 is 0 Å². The van der Waals surface area contributed by atoms with Gasteiger partial charge in [-0.15, -0.1) is 11.3 Å². The molecule has 0 bridgehead atoms. The van der Waals surface area contributed by atoms with Crippen molar-refractivity contribution in [2.24, 2.45) is 0 Å². The molecule has 1 N–H and O–H groups in total. The standard InChI is InChI=1S/C12H8N4OS2/c17-11(9-5-3-7-18-9)15-12-14-10(16-19-12)8-4-1-2-6-13-8/h1-7H,(H,14,15,16,17).